The minimum atomic E-state index is -3.53. The first-order valence-electron chi connectivity index (χ1n) is 9.13. The smallest absolute Gasteiger partial charge is 0.404 e. The standard InChI is InChI=1S/C19H25N3O6S/c1-19(2,3)22-17(24)9-16(29(22,27)28)12-4-5-15(13(8-12)11-23)21-7-6-14(10-21)20-18(25)26/h4-5,8-9,11,14,20,27-28H,6-7,10H2,1-3H3,(H,25,26)/t14-/m1/s1. The molecular formula is C19H25N3O6S. The molecule has 0 unspecified atom stereocenters. The molecule has 0 aliphatic carbocycles. The largest absolute Gasteiger partial charge is 0.465 e. The van der Waals surface area contributed by atoms with E-state index in [1.54, 1.807) is 32.9 Å². The highest BCUT2D eigenvalue weighted by Gasteiger charge is 2.44. The summed E-state index contributed by atoms with van der Waals surface area (Å²) in [5.74, 6) is -0.494. The number of carbonyl (C=O) groups is 3. The summed E-state index contributed by atoms with van der Waals surface area (Å²) in [6.07, 6.45) is 1.40. The summed E-state index contributed by atoms with van der Waals surface area (Å²) in [6, 6.07) is 4.62. The Bertz CT molecular complexity index is 892. The SMILES string of the molecule is CC(C)(C)N1C(=O)C=C(c2ccc(N3CC[C@@H](NC(=O)O)C3)c(C=O)c2)S1(O)O. The molecular weight excluding hydrogens is 398 g/mol. The average Bonchev–Trinajstić information content (AvgIpc) is 3.14. The zero-order chi connectivity index (χ0) is 21.6. The van der Waals surface area contributed by atoms with Crippen molar-refractivity contribution in [3.63, 3.8) is 0 Å². The lowest BCUT2D eigenvalue weighted by Gasteiger charge is -2.46. The number of carbonyl (C=O) groups excluding carboxylic acids is 2. The van der Waals surface area contributed by atoms with Crippen molar-refractivity contribution in [2.75, 3.05) is 18.0 Å². The van der Waals surface area contributed by atoms with Gasteiger partial charge in [-0.25, -0.2) is 9.10 Å². The third-order valence-corrected chi connectivity index (χ3v) is 7.09. The molecule has 3 rings (SSSR count). The fourth-order valence-corrected chi connectivity index (χ4v) is 5.76. The van der Waals surface area contributed by atoms with Crippen molar-refractivity contribution in [1.82, 2.24) is 9.62 Å². The molecule has 2 heterocycles. The summed E-state index contributed by atoms with van der Waals surface area (Å²) in [7, 11) is -3.53. The molecule has 1 saturated heterocycles. The van der Waals surface area contributed by atoms with Crippen LogP contribution < -0.4 is 10.2 Å². The lowest BCUT2D eigenvalue weighted by molar-refractivity contribution is -0.124. The molecule has 2 aliphatic heterocycles. The molecule has 0 radical (unpaired) electrons. The first-order valence-corrected chi connectivity index (χ1v) is 10.6. The maximum atomic E-state index is 12.4. The van der Waals surface area contributed by atoms with Crippen molar-refractivity contribution >= 4 is 39.7 Å². The molecule has 0 spiro atoms. The Morgan fingerprint density at radius 3 is 2.55 bits per heavy atom. The Kier molecular flexibility index (Phi) is 5.37. The van der Waals surface area contributed by atoms with Gasteiger partial charge < -0.3 is 15.3 Å². The molecule has 158 valence electrons. The number of hydrogen-bond acceptors (Lipinski definition) is 6. The van der Waals surface area contributed by atoms with Crippen molar-refractivity contribution in [1.29, 1.82) is 0 Å². The number of aldehydes is 1. The molecule has 2 aliphatic rings. The van der Waals surface area contributed by atoms with Crippen LogP contribution in [-0.2, 0) is 4.79 Å². The lowest BCUT2D eigenvalue weighted by Crippen LogP contribution is -2.43. The van der Waals surface area contributed by atoms with Crippen LogP contribution in [-0.4, -0.2) is 61.5 Å². The second kappa shape index (κ2) is 7.36. The van der Waals surface area contributed by atoms with Gasteiger partial charge in [0.05, 0.1) is 16.5 Å². The summed E-state index contributed by atoms with van der Waals surface area (Å²) in [5.41, 5.74) is 0.558. The van der Waals surface area contributed by atoms with E-state index in [2.05, 4.69) is 5.32 Å². The number of amides is 2. The molecule has 10 heteroatoms. The van der Waals surface area contributed by atoms with Gasteiger partial charge in [-0.2, -0.15) is 0 Å². The molecule has 1 aromatic rings. The number of nitrogens with one attached hydrogen (secondary N) is 1. The Morgan fingerprint density at radius 2 is 2.00 bits per heavy atom. The predicted octanol–water partition coefficient (Wildman–Crippen LogP) is 2.99. The van der Waals surface area contributed by atoms with Gasteiger partial charge in [0.15, 0.2) is 6.29 Å². The molecule has 4 N–H and O–H groups in total. The van der Waals surface area contributed by atoms with Gasteiger partial charge >= 0.3 is 6.09 Å². The third-order valence-electron chi connectivity index (χ3n) is 4.91. The minimum Gasteiger partial charge on any atom is -0.465 e. The molecule has 29 heavy (non-hydrogen) atoms. The van der Waals surface area contributed by atoms with Crippen LogP contribution in [0.4, 0.5) is 10.5 Å². The van der Waals surface area contributed by atoms with E-state index < -0.39 is 28.3 Å². The highest BCUT2D eigenvalue weighted by atomic mass is 32.3. The van der Waals surface area contributed by atoms with E-state index in [0.29, 0.717) is 42.6 Å². The van der Waals surface area contributed by atoms with Gasteiger partial charge in [-0.1, -0.05) is 16.8 Å². The van der Waals surface area contributed by atoms with Crippen molar-refractivity contribution in [2.24, 2.45) is 0 Å². The van der Waals surface area contributed by atoms with E-state index in [1.165, 1.54) is 12.1 Å². The quantitative estimate of drug-likeness (QED) is 0.548. The van der Waals surface area contributed by atoms with Crippen molar-refractivity contribution in [3.8, 4) is 0 Å². The predicted molar refractivity (Wildman–Crippen MR) is 111 cm³/mol. The van der Waals surface area contributed by atoms with Crippen molar-refractivity contribution in [2.45, 2.75) is 38.8 Å². The molecule has 0 aromatic heterocycles. The van der Waals surface area contributed by atoms with Crippen LogP contribution in [0.25, 0.3) is 4.91 Å². The zero-order valence-corrected chi connectivity index (χ0v) is 17.3. The zero-order valence-electron chi connectivity index (χ0n) is 16.5. The fraction of sp³-hybridized carbons (Fsp3) is 0.421. The Labute approximate surface area is 170 Å². The fourth-order valence-electron chi connectivity index (χ4n) is 3.79. The Balaban J connectivity index is 1.90. The molecule has 1 aromatic carbocycles. The first kappa shape index (κ1) is 21.2. The second-order valence-corrected chi connectivity index (χ2v) is 9.95. The maximum Gasteiger partial charge on any atom is 0.404 e. The molecule has 0 saturated carbocycles. The molecule has 1 atom stereocenters. The van der Waals surface area contributed by atoms with Gasteiger partial charge in [-0.05, 0) is 39.3 Å². The van der Waals surface area contributed by atoms with E-state index in [1.807, 2.05) is 4.90 Å². The Morgan fingerprint density at radius 1 is 1.31 bits per heavy atom. The van der Waals surface area contributed by atoms with E-state index in [9.17, 15) is 23.5 Å². The highest BCUT2D eigenvalue weighted by Crippen LogP contribution is 2.62. The monoisotopic (exact) mass is 423 g/mol. The number of nitrogens with zero attached hydrogens (tertiary/aromatic N) is 2. The van der Waals surface area contributed by atoms with Crippen LogP contribution in [0.5, 0.6) is 0 Å². The molecule has 1 fully saturated rings. The summed E-state index contributed by atoms with van der Waals surface area (Å²) >= 11 is 0. The number of hydrogen-bond donors (Lipinski definition) is 4. The highest BCUT2D eigenvalue weighted by molar-refractivity contribution is 8.31. The van der Waals surface area contributed by atoms with Gasteiger partial charge in [0.2, 0.25) is 0 Å². The maximum absolute atomic E-state index is 12.4. The summed E-state index contributed by atoms with van der Waals surface area (Å²) < 4.78 is 22.6. The first-order chi connectivity index (χ1) is 13.4. The minimum absolute atomic E-state index is 0.0823. The van der Waals surface area contributed by atoms with Gasteiger partial charge in [-0.15, -0.1) is 0 Å². The van der Waals surface area contributed by atoms with Crippen LogP contribution >= 0.6 is 10.8 Å². The van der Waals surface area contributed by atoms with Crippen molar-refractivity contribution < 1.29 is 28.6 Å². The van der Waals surface area contributed by atoms with Gasteiger partial charge in [0.1, 0.15) is 0 Å². The average molecular weight is 423 g/mol. The number of anilines is 1. The normalized spacial score (nSPS) is 22.4. The summed E-state index contributed by atoms with van der Waals surface area (Å²) in [6.45, 7) is 6.15. The van der Waals surface area contributed by atoms with Gasteiger partial charge in [0.25, 0.3) is 5.91 Å². The second-order valence-electron chi connectivity index (χ2n) is 8.10. The van der Waals surface area contributed by atoms with Crippen molar-refractivity contribution in [3.05, 3.63) is 35.4 Å². The van der Waals surface area contributed by atoms with Crippen LogP contribution in [0.3, 0.4) is 0 Å². The van der Waals surface area contributed by atoms with E-state index in [-0.39, 0.29) is 10.9 Å². The van der Waals surface area contributed by atoms with Gasteiger partial charge in [-0.3, -0.25) is 18.7 Å². The van der Waals surface area contributed by atoms with E-state index in [0.717, 1.165) is 4.31 Å². The van der Waals surface area contributed by atoms with Crippen LogP contribution in [0.2, 0.25) is 0 Å². The summed E-state index contributed by atoms with van der Waals surface area (Å²) in [5, 5.41) is 11.3. The van der Waals surface area contributed by atoms with E-state index in [4.69, 9.17) is 5.11 Å². The third kappa shape index (κ3) is 3.96. The van der Waals surface area contributed by atoms with Crippen LogP contribution in [0, 0.1) is 0 Å². The molecule has 0 bridgehead atoms. The topological polar surface area (TPSA) is 130 Å². The molecule has 9 nitrogen and oxygen atoms in total. The number of benzene rings is 1. The van der Waals surface area contributed by atoms with Crippen LogP contribution in [0.1, 0.15) is 43.1 Å². The number of rotatable bonds is 4. The number of carboxylic acid groups (broad SMARTS) is 1. The van der Waals surface area contributed by atoms with Crippen LogP contribution in [0.15, 0.2) is 24.3 Å². The summed E-state index contributed by atoms with van der Waals surface area (Å²) in [4.78, 5) is 36.9. The van der Waals surface area contributed by atoms with Gasteiger partial charge in [0, 0.05) is 36.0 Å². The Hall–Kier alpha value is -2.56. The lowest BCUT2D eigenvalue weighted by atomic mass is 10.1. The molecule has 2 amide bonds. The van der Waals surface area contributed by atoms with E-state index >= 15 is 0 Å².